The second-order valence-corrected chi connectivity index (χ2v) is 5.94. The summed E-state index contributed by atoms with van der Waals surface area (Å²) in [7, 11) is 0. The molecule has 1 aromatic heterocycles. The number of rotatable bonds is 10. The first kappa shape index (κ1) is 17.4. The largest absolute Gasteiger partial charge is 0.490 e. The van der Waals surface area contributed by atoms with Crippen LogP contribution in [0, 0.1) is 0 Å². The lowest BCUT2D eigenvalue weighted by atomic mass is 10.1. The van der Waals surface area contributed by atoms with E-state index in [0.717, 1.165) is 37.4 Å². The van der Waals surface area contributed by atoms with E-state index in [9.17, 15) is 0 Å². The van der Waals surface area contributed by atoms with Crippen LogP contribution in [0.1, 0.15) is 18.9 Å². The minimum atomic E-state index is 0.636. The molecule has 3 aromatic rings. The van der Waals surface area contributed by atoms with Crippen LogP contribution in [0.3, 0.4) is 0 Å². The third-order valence-corrected chi connectivity index (χ3v) is 4.16. The number of ether oxygens (including phenoxy) is 2. The number of fused-ring (bicyclic) bond motifs is 1. The topological polar surface area (TPSA) is 46.3 Å². The van der Waals surface area contributed by atoms with Crippen molar-refractivity contribution in [3.63, 3.8) is 0 Å². The van der Waals surface area contributed by atoms with Gasteiger partial charge in [-0.25, -0.2) is 0 Å². The van der Waals surface area contributed by atoms with E-state index in [1.54, 1.807) is 0 Å². The van der Waals surface area contributed by atoms with Crippen LogP contribution in [0.25, 0.3) is 10.9 Å². The summed E-state index contributed by atoms with van der Waals surface area (Å²) in [5.41, 5.74) is 2.60. The third-order valence-electron chi connectivity index (χ3n) is 4.16. The molecule has 2 N–H and O–H groups in total. The van der Waals surface area contributed by atoms with Crippen LogP contribution in [0.2, 0.25) is 0 Å². The van der Waals surface area contributed by atoms with Crippen molar-refractivity contribution in [3.05, 3.63) is 60.3 Å². The van der Waals surface area contributed by atoms with Crippen LogP contribution in [-0.4, -0.2) is 31.3 Å². The summed E-state index contributed by atoms with van der Waals surface area (Å²) < 4.78 is 11.4. The van der Waals surface area contributed by atoms with Gasteiger partial charge < -0.3 is 19.8 Å². The number of para-hydroxylation sites is 3. The lowest BCUT2D eigenvalue weighted by Gasteiger charge is -2.11. The Balaban J connectivity index is 1.34. The molecule has 0 fully saturated rings. The van der Waals surface area contributed by atoms with Crippen molar-refractivity contribution in [2.75, 3.05) is 26.3 Å². The van der Waals surface area contributed by atoms with Gasteiger partial charge in [0.05, 0.1) is 6.61 Å². The number of H-pyrrole nitrogens is 1. The SMILES string of the molecule is CCOc1ccccc1OCCNCCCc1c[nH]c2ccccc12. The quantitative estimate of drug-likeness (QED) is 0.546. The molecule has 4 nitrogen and oxygen atoms in total. The highest BCUT2D eigenvalue weighted by Crippen LogP contribution is 2.26. The number of hydrogen-bond acceptors (Lipinski definition) is 3. The fourth-order valence-corrected chi connectivity index (χ4v) is 2.94. The minimum Gasteiger partial charge on any atom is -0.490 e. The van der Waals surface area contributed by atoms with Gasteiger partial charge in [0.25, 0.3) is 0 Å². The van der Waals surface area contributed by atoms with E-state index in [1.807, 2.05) is 31.2 Å². The zero-order valence-corrected chi connectivity index (χ0v) is 14.8. The van der Waals surface area contributed by atoms with Crippen molar-refractivity contribution in [2.45, 2.75) is 19.8 Å². The number of aromatic amines is 1. The molecule has 25 heavy (non-hydrogen) atoms. The van der Waals surface area contributed by atoms with Gasteiger partial charge in [-0.2, -0.15) is 0 Å². The molecule has 0 aliphatic heterocycles. The standard InChI is InChI=1S/C21H26N2O2/c1-2-24-20-11-5-6-12-21(20)25-15-14-22-13-7-8-17-16-23-19-10-4-3-9-18(17)19/h3-6,9-12,16,22-23H,2,7-8,13-15H2,1H3. The molecule has 4 heteroatoms. The van der Waals surface area contributed by atoms with Crippen molar-refractivity contribution in [1.82, 2.24) is 10.3 Å². The molecule has 0 unspecified atom stereocenters. The van der Waals surface area contributed by atoms with E-state index in [4.69, 9.17) is 9.47 Å². The predicted octanol–water partition coefficient (Wildman–Crippen LogP) is 4.17. The number of aryl methyl sites for hydroxylation is 1. The van der Waals surface area contributed by atoms with Gasteiger partial charge in [-0.1, -0.05) is 30.3 Å². The Kier molecular flexibility index (Phi) is 6.35. The first-order chi connectivity index (χ1) is 12.4. The monoisotopic (exact) mass is 338 g/mol. The summed E-state index contributed by atoms with van der Waals surface area (Å²) in [6.45, 7) is 5.07. The van der Waals surface area contributed by atoms with Crippen LogP contribution in [0.15, 0.2) is 54.7 Å². The second kappa shape index (κ2) is 9.14. The second-order valence-electron chi connectivity index (χ2n) is 5.94. The maximum atomic E-state index is 5.81. The smallest absolute Gasteiger partial charge is 0.161 e. The highest BCUT2D eigenvalue weighted by atomic mass is 16.5. The summed E-state index contributed by atoms with van der Waals surface area (Å²) in [6, 6.07) is 16.3. The Morgan fingerprint density at radius 1 is 0.920 bits per heavy atom. The number of hydrogen-bond donors (Lipinski definition) is 2. The highest BCUT2D eigenvalue weighted by Gasteiger charge is 2.04. The lowest BCUT2D eigenvalue weighted by Crippen LogP contribution is -2.22. The van der Waals surface area contributed by atoms with Gasteiger partial charge in [0.2, 0.25) is 0 Å². The molecule has 0 radical (unpaired) electrons. The van der Waals surface area contributed by atoms with Gasteiger partial charge in [0, 0.05) is 23.6 Å². The maximum Gasteiger partial charge on any atom is 0.161 e. The van der Waals surface area contributed by atoms with Crippen molar-refractivity contribution in [2.24, 2.45) is 0 Å². The average Bonchev–Trinajstić information content (AvgIpc) is 3.06. The van der Waals surface area contributed by atoms with Gasteiger partial charge in [0.15, 0.2) is 11.5 Å². The molecule has 132 valence electrons. The Labute approximate surface area is 149 Å². The number of nitrogens with one attached hydrogen (secondary N) is 2. The van der Waals surface area contributed by atoms with Crippen LogP contribution in [-0.2, 0) is 6.42 Å². The van der Waals surface area contributed by atoms with E-state index >= 15 is 0 Å². The molecular weight excluding hydrogens is 312 g/mol. The molecular formula is C21H26N2O2. The molecule has 0 bridgehead atoms. The Morgan fingerprint density at radius 2 is 1.68 bits per heavy atom. The highest BCUT2D eigenvalue weighted by molar-refractivity contribution is 5.82. The minimum absolute atomic E-state index is 0.636. The molecule has 0 amide bonds. The van der Waals surface area contributed by atoms with Crippen molar-refractivity contribution in [3.8, 4) is 11.5 Å². The zero-order chi connectivity index (χ0) is 17.3. The summed E-state index contributed by atoms with van der Waals surface area (Å²) in [5.74, 6) is 1.62. The third kappa shape index (κ3) is 4.77. The van der Waals surface area contributed by atoms with Gasteiger partial charge in [0.1, 0.15) is 6.61 Å². The van der Waals surface area contributed by atoms with Gasteiger partial charge >= 0.3 is 0 Å². The normalized spacial score (nSPS) is 10.9. The zero-order valence-electron chi connectivity index (χ0n) is 14.8. The van der Waals surface area contributed by atoms with Crippen LogP contribution in [0.5, 0.6) is 11.5 Å². The Morgan fingerprint density at radius 3 is 2.52 bits per heavy atom. The van der Waals surface area contributed by atoms with Crippen LogP contribution in [0.4, 0.5) is 0 Å². The predicted molar refractivity (Wildman–Crippen MR) is 103 cm³/mol. The van der Waals surface area contributed by atoms with Crippen molar-refractivity contribution < 1.29 is 9.47 Å². The molecule has 2 aromatic carbocycles. The molecule has 0 spiro atoms. The fraction of sp³-hybridized carbons (Fsp3) is 0.333. The lowest BCUT2D eigenvalue weighted by molar-refractivity contribution is 0.276. The Hall–Kier alpha value is -2.46. The number of benzene rings is 2. The molecule has 0 aliphatic carbocycles. The van der Waals surface area contributed by atoms with E-state index < -0.39 is 0 Å². The first-order valence-corrected chi connectivity index (χ1v) is 8.99. The molecule has 0 aliphatic rings. The fourth-order valence-electron chi connectivity index (χ4n) is 2.94. The average molecular weight is 338 g/mol. The summed E-state index contributed by atoms with van der Waals surface area (Å²) in [5, 5.41) is 4.77. The van der Waals surface area contributed by atoms with E-state index in [2.05, 4.69) is 40.8 Å². The molecule has 0 atom stereocenters. The molecule has 3 rings (SSSR count). The summed E-state index contributed by atoms with van der Waals surface area (Å²) in [6.07, 6.45) is 4.31. The summed E-state index contributed by atoms with van der Waals surface area (Å²) in [4.78, 5) is 3.33. The van der Waals surface area contributed by atoms with Crippen LogP contribution < -0.4 is 14.8 Å². The molecule has 0 saturated carbocycles. The van der Waals surface area contributed by atoms with Gasteiger partial charge in [-0.15, -0.1) is 0 Å². The molecule has 1 heterocycles. The van der Waals surface area contributed by atoms with E-state index in [-0.39, 0.29) is 0 Å². The van der Waals surface area contributed by atoms with E-state index in [0.29, 0.717) is 13.2 Å². The van der Waals surface area contributed by atoms with Gasteiger partial charge in [-0.3, -0.25) is 0 Å². The van der Waals surface area contributed by atoms with Crippen molar-refractivity contribution >= 4 is 10.9 Å². The van der Waals surface area contributed by atoms with Crippen LogP contribution >= 0.6 is 0 Å². The Bertz CT molecular complexity index is 782. The first-order valence-electron chi connectivity index (χ1n) is 8.99. The maximum absolute atomic E-state index is 5.81. The summed E-state index contributed by atoms with van der Waals surface area (Å²) >= 11 is 0. The van der Waals surface area contributed by atoms with Gasteiger partial charge in [-0.05, 0) is 50.1 Å². The van der Waals surface area contributed by atoms with E-state index in [1.165, 1.54) is 16.5 Å². The number of aromatic nitrogens is 1. The van der Waals surface area contributed by atoms with Crippen molar-refractivity contribution in [1.29, 1.82) is 0 Å². The molecule has 0 saturated heterocycles.